The zero-order chi connectivity index (χ0) is 16.5. The third-order valence-corrected chi connectivity index (χ3v) is 5.53. The van der Waals surface area contributed by atoms with E-state index in [4.69, 9.17) is 4.74 Å². The predicted octanol–water partition coefficient (Wildman–Crippen LogP) is 4.32. The Hall–Kier alpha value is -0.570. The number of hydrogen-bond acceptors (Lipinski definition) is 3. The van der Waals surface area contributed by atoms with E-state index in [9.17, 15) is 9.90 Å². The van der Waals surface area contributed by atoms with Gasteiger partial charge in [0.1, 0.15) is 5.60 Å². The molecule has 2 rings (SSSR count). The Kier molecular flexibility index (Phi) is 5.26. The molecule has 2 bridgehead atoms. The lowest BCUT2D eigenvalue weighted by Gasteiger charge is -2.49. The maximum atomic E-state index is 12.7. The second-order valence-electron chi connectivity index (χ2n) is 8.92. The fourth-order valence-corrected chi connectivity index (χ4v) is 4.72. The van der Waals surface area contributed by atoms with Crippen LogP contribution < -0.4 is 0 Å². The third-order valence-electron chi connectivity index (χ3n) is 5.53. The summed E-state index contributed by atoms with van der Waals surface area (Å²) in [5.41, 5.74) is -1.10. The molecule has 0 aromatic heterocycles. The van der Waals surface area contributed by atoms with Gasteiger partial charge in [0.05, 0.1) is 11.5 Å². The van der Waals surface area contributed by atoms with Gasteiger partial charge in [0.2, 0.25) is 0 Å². The lowest BCUT2D eigenvalue weighted by Crippen LogP contribution is -2.52. The van der Waals surface area contributed by atoms with E-state index in [0.29, 0.717) is 24.2 Å². The highest BCUT2D eigenvalue weighted by Crippen LogP contribution is 2.48. The van der Waals surface area contributed by atoms with E-state index in [-0.39, 0.29) is 11.9 Å². The molecule has 4 atom stereocenters. The Bertz CT molecular complexity index is 403. The number of esters is 1. The Labute approximate surface area is 135 Å². The summed E-state index contributed by atoms with van der Waals surface area (Å²) in [6.07, 6.45) is 6.40. The molecule has 0 saturated heterocycles. The zero-order valence-corrected chi connectivity index (χ0v) is 15.0. The molecule has 2 aliphatic rings. The van der Waals surface area contributed by atoms with Gasteiger partial charge < -0.3 is 9.84 Å². The number of aliphatic hydroxyl groups is 1. The van der Waals surface area contributed by atoms with Crippen molar-refractivity contribution in [3.63, 3.8) is 0 Å². The van der Waals surface area contributed by atoms with Crippen molar-refractivity contribution < 1.29 is 14.6 Å². The predicted molar refractivity (Wildman–Crippen MR) is 88.4 cm³/mol. The van der Waals surface area contributed by atoms with E-state index < -0.39 is 11.2 Å². The van der Waals surface area contributed by atoms with Crippen LogP contribution in [-0.2, 0) is 9.53 Å². The van der Waals surface area contributed by atoms with Crippen LogP contribution in [0.3, 0.4) is 0 Å². The standard InChI is InChI=1S/C19H34O3/c1-13(2)9-16(14(3)4)17(20)22-18(5)10-15-7-6-8-19(21,11-15)12-18/h13-16,21H,6-12H2,1-5H3. The van der Waals surface area contributed by atoms with Crippen molar-refractivity contribution in [2.75, 3.05) is 0 Å². The van der Waals surface area contributed by atoms with Crippen LogP contribution in [0.5, 0.6) is 0 Å². The topological polar surface area (TPSA) is 46.5 Å². The van der Waals surface area contributed by atoms with Crippen LogP contribution in [0, 0.1) is 23.7 Å². The fraction of sp³-hybridized carbons (Fsp3) is 0.947. The molecule has 2 saturated carbocycles. The van der Waals surface area contributed by atoms with Gasteiger partial charge in [-0.3, -0.25) is 4.79 Å². The molecular weight excluding hydrogens is 276 g/mol. The van der Waals surface area contributed by atoms with Crippen LogP contribution in [0.1, 0.15) is 79.6 Å². The second kappa shape index (κ2) is 6.51. The van der Waals surface area contributed by atoms with Gasteiger partial charge in [-0.2, -0.15) is 0 Å². The van der Waals surface area contributed by atoms with Gasteiger partial charge >= 0.3 is 5.97 Å². The largest absolute Gasteiger partial charge is 0.459 e. The second-order valence-corrected chi connectivity index (χ2v) is 8.92. The quantitative estimate of drug-likeness (QED) is 0.769. The fourth-order valence-electron chi connectivity index (χ4n) is 4.72. The number of fused-ring (bicyclic) bond motifs is 2. The minimum Gasteiger partial charge on any atom is -0.459 e. The summed E-state index contributed by atoms with van der Waals surface area (Å²) in [7, 11) is 0. The molecule has 3 heteroatoms. The molecule has 0 aromatic rings. The number of carbonyl (C=O) groups is 1. The molecule has 0 spiro atoms. The molecule has 2 fully saturated rings. The normalized spacial score (nSPS) is 36.5. The molecule has 4 unspecified atom stereocenters. The molecule has 0 aromatic carbocycles. The van der Waals surface area contributed by atoms with E-state index >= 15 is 0 Å². The summed E-state index contributed by atoms with van der Waals surface area (Å²) >= 11 is 0. The lowest BCUT2D eigenvalue weighted by molar-refractivity contribution is -0.187. The number of carbonyl (C=O) groups excluding carboxylic acids is 1. The molecule has 0 aliphatic heterocycles. The molecule has 2 aliphatic carbocycles. The molecule has 3 nitrogen and oxygen atoms in total. The first-order valence-electron chi connectivity index (χ1n) is 9.08. The van der Waals surface area contributed by atoms with Crippen LogP contribution in [0.2, 0.25) is 0 Å². The van der Waals surface area contributed by atoms with Crippen LogP contribution in [0.15, 0.2) is 0 Å². The minimum absolute atomic E-state index is 0.0340. The average molecular weight is 310 g/mol. The highest BCUT2D eigenvalue weighted by atomic mass is 16.6. The van der Waals surface area contributed by atoms with Crippen LogP contribution in [-0.4, -0.2) is 22.3 Å². The van der Waals surface area contributed by atoms with Gasteiger partial charge in [-0.15, -0.1) is 0 Å². The molecular formula is C19H34O3. The van der Waals surface area contributed by atoms with E-state index in [1.54, 1.807) is 0 Å². The van der Waals surface area contributed by atoms with Crippen molar-refractivity contribution in [3.8, 4) is 0 Å². The van der Waals surface area contributed by atoms with Gasteiger partial charge in [-0.05, 0) is 50.4 Å². The number of hydrogen-bond donors (Lipinski definition) is 1. The highest BCUT2D eigenvalue weighted by Gasteiger charge is 2.49. The molecule has 128 valence electrons. The van der Waals surface area contributed by atoms with Crippen LogP contribution >= 0.6 is 0 Å². The van der Waals surface area contributed by atoms with Crippen LogP contribution in [0.4, 0.5) is 0 Å². The van der Waals surface area contributed by atoms with E-state index in [1.807, 2.05) is 6.92 Å². The first kappa shape index (κ1) is 17.8. The van der Waals surface area contributed by atoms with Crippen LogP contribution in [0.25, 0.3) is 0 Å². The first-order valence-corrected chi connectivity index (χ1v) is 9.08. The summed E-state index contributed by atoms with van der Waals surface area (Å²) < 4.78 is 6.01. The maximum Gasteiger partial charge on any atom is 0.309 e. The molecule has 0 amide bonds. The summed E-state index contributed by atoms with van der Waals surface area (Å²) in [4.78, 5) is 12.7. The van der Waals surface area contributed by atoms with E-state index in [0.717, 1.165) is 38.5 Å². The van der Waals surface area contributed by atoms with Crippen molar-refractivity contribution in [3.05, 3.63) is 0 Å². The average Bonchev–Trinajstić information content (AvgIpc) is 2.32. The van der Waals surface area contributed by atoms with Gasteiger partial charge in [-0.1, -0.05) is 40.5 Å². The zero-order valence-electron chi connectivity index (χ0n) is 15.0. The Morgan fingerprint density at radius 1 is 1.27 bits per heavy atom. The van der Waals surface area contributed by atoms with E-state index in [2.05, 4.69) is 27.7 Å². The Morgan fingerprint density at radius 2 is 1.95 bits per heavy atom. The monoisotopic (exact) mass is 310 g/mol. The Balaban J connectivity index is 2.05. The van der Waals surface area contributed by atoms with E-state index in [1.165, 1.54) is 0 Å². The van der Waals surface area contributed by atoms with Gasteiger partial charge in [0, 0.05) is 6.42 Å². The number of ether oxygens (including phenoxy) is 1. The molecule has 0 heterocycles. The first-order chi connectivity index (χ1) is 10.1. The smallest absolute Gasteiger partial charge is 0.309 e. The summed E-state index contributed by atoms with van der Waals surface area (Å²) in [5, 5.41) is 10.8. The van der Waals surface area contributed by atoms with Crippen molar-refractivity contribution in [1.82, 2.24) is 0 Å². The maximum absolute atomic E-state index is 12.7. The molecule has 0 radical (unpaired) electrons. The lowest BCUT2D eigenvalue weighted by atomic mass is 9.64. The number of rotatable bonds is 5. The van der Waals surface area contributed by atoms with Gasteiger partial charge in [0.25, 0.3) is 0 Å². The van der Waals surface area contributed by atoms with Crippen molar-refractivity contribution in [2.24, 2.45) is 23.7 Å². The van der Waals surface area contributed by atoms with Crippen molar-refractivity contribution >= 4 is 5.97 Å². The Morgan fingerprint density at radius 3 is 2.50 bits per heavy atom. The third kappa shape index (κ3) is 4.24. The highest BCUT2D eigenvalue weighted by molar-refractivity contribution is 5.73. The summed E-state index contributed by atoms with van der Waals surface area (Å²) in [6, 6.07) is 0. The summed E-state index contributed by atoms with van der Waals surface area (Å²) in [6.45, 7) is 10.5. The van der Waals surface area contributed by atoms with Crippen molar-refractivity contribution in [1.29, 1.82) is 0 Å². The van der Waals surface area contributed by atoms with Gasteiger partial charge in [-0.25, -0.2) is 0 Å². The minimum atomic E-state index is -0.610. The molecule has 1 N–H and O–H groups in total. The SMILES string of the molecule is CC(C)CC(C(=O)OC1(C)CC2CCCC(O)(C2)C1)C(C)C. The summed E-state index contributed by atoms with van der Waals surface area (Å²) in [5.74, 6) is 1.20. The van der Waals surface area contributed by atoms with Crippen molar-refractivity contribution in [2.45, 2.75) is 90.8 Å². The molecule has 22 heavy (non-hydrogen) atoms. The van der Waals surface area contributed by atoms with Gasteiger partial charge in [0.15, 0.2) is 0 Å².